The molecular formula is C22H35NO3. The lowest BCUT2D eigenvalue weighted by atomic mass is 9.83. The van der Waals surface area contributed by atoms with E-state index in [2.05, 4.69) is 25.2 Å². The summed E-state index contributed by atoms with van der Waals surface area (Å²) in [5.74, 6) is -0.500. The molecule has 0 bridgehead atoms. The van der Waals surface area contributed by atoms with Crippen molar-refractivity contribution in [2.24, 2.45) is 11.8 Å². The first-order chi connectivity index (χ1) is 12.3. The minimum Gasteiger partial charge on any atom is -0.366 e. The van der Waals surface area contributed by atoms with E-state index in [4.69, 9.17) is 4.74 Å². The predicted octanol–water partition coefficient (Wildman–Crippen LogP) is 4.35. The molecule has 0 aromatic heterocycles. The van der Waals surface area contributed by atoms with E-state index in [1.54, 1.807) is 6.08 Å². The fourth-order valence-electron chi connectivity index (χ4n) is 3.90. The fraction of sp³-hybridized carbons (Fsp3) is 0.727. The average Bonchev–Trinajstić information content (AvgIpc) is 3.22. The summed E-state index contributed by atoms with van der Waals surface area (Å²) in [5, 5.41) is 2.86. The zero-order valence-corrected chi connectivity index (χ0v) is 17.1. The Kier molecular flexibility index (Phi) is 7.22. The van der Waals surface area contributed by atoms with Crippen molar-refractivity contribution in [2.75, 3.05) is 6.54 Å². The fourth-order valence-corrected chi connectivity index (χ4v) is 3.90. The molecule has 4 nitrogen and oxygen atoms in total. The van der Waals surface area contributed by atoms with Crippen LogP contribution in [0.4, 0.5) is 0 Å². The van der Waals surface area contributed by atoms with Gasteiger partial charge in [-0.2, -0.15) is 0 Å². The third-order valence-electron chi connectivity index (χ3n) is 5.94. The van der Waals surface area contributed by atoms with Crippen molar-refractivity contribution in [1.82, 2.24) is 5.32 Å². The second-order valence-corrected chi connectivity index (χ2v) is 8.27. The van der Waals surface area contributed by atoms with E-state index >= 15 is 0 Å². The molecule has 0 aromatic rings. The summed E-state index contributed by atoms with van der Waals surface area (Å²) in [5.41, 5.74) is 2.40. The Bertz CT molecular complexity index is 592. The monoisotopic (exact) mass is 361 g/mol. The van der Waals surface area contributed by atoms with Crippen LogP contribution in [0, 0.1) is 11.8 Å². The van der Waals surface area contributed by atoms with Gasteiger partial charge in [-0.1, -0.05) is 24.1 Å². The van der Waals surface area contributed by atoms with Gasteiger partial charge in [0, 0.05) is 18.4 Å². The zero-order valence-electron chi connectivity index (χ0n) is 17.1. The summed E-state index contributed by atoms with van der Waals surface area (Å²) >= 11 is 0. The van der Waals surface area contributed by atoms with Gasteiger partial charge in [0.1, 0.15) is 0 Å². The molecule has 4 atom stereocenters. The lowest BCUT2D eigenvalue weighted by Crippen LogP contribution is -2.36. The molecule has 1 heterocycles. The number of epoxide rings is 1. The van der Waals surface area contributed by atoms with Gasteiger partial charge in [0.05, 0.1) is 11.7 Å². The maximum atomic E-state index is 12.9. The standard InChI is InChI=1S/C22H35NO3/c1-6-23-21(25)17(4)18-11-9-15(2)8-7-13-22(5)20(26-22)12-10-16(3)14-19(18)24/h8,14,17-18,20H,6-7,9-13H2,1-5H3,(H,23,25)/b15-8+,16-14+/t17-,18+,20-,22-/m0/s1. The third-order valence-corrected chi connectivity index (χ3v) is 5.94. The first-order valence-corrected chi connectivity index (χ1v) is 10.1. The van der Waals surface area contributed by atoms with Crippen molar-refractivity contribution >= 4 is 11.7 Å². The van der Waals surface area contributed by atoms with Gasteiger partial charge >= 0.3 is 0 Å². The van der Waals surface area contributed by atoms with Gasteiger partial charge in [-0.3, -0.25) is 9.59 Å². The molecule has 4 heteroatoms. The average molecular weight is 362 g/mol. The van der Waals surface area contributed by atoms with Crippen LogP contribution in [0.25, 0.3) is 0 Å². The number of fused-ring (bicyclic) bond motifs is 1. The second-order valence-electron chi connectivity index (χ2n) is 8.27. The zero-order chi connectivity index (χ0) is 19.3. The van der Waals surface area contributed by atoms with Crippen LogP contribution >= 0.6 is 0 Å². The molecule has 1 saturated heterocycles. The second kappa shape index (κ2) is 8.98. The molecule has 1 amide bonds. The Labute approximate surface area is 158 Å². The van der Waals surface area contributed by atoms with E-state index in [0.29, 0.717) is 12.6 Å². The van der Waals surface area contributed by atoms with Gasteiger partial charge in [0.2, 0.25) is 5.91 Å². The first-order valence-electron chi connectivity index (χ1n) is 10.1. The first kappa shape index (κ1) is 20.9. The number of nitrogens with one attached hydrogen (secondary N) is 1. The molecule has 146 valence electrons. The number of amides is 1. The van der Waals surface area contributed by atoms with Crippen LogP contribution in [0.5, 0.6) is 0 Å². The number of carbonyl (C=O) groups excluding carboxylic acids is 2. The molecule has 2 aliphatic rings. The molecule has 0 radical (unpaired) electrons. The lowest BCUT2D eigenvalue weighted by Gasteiger charge is -2.22. The minimum atomic E-state index is -0.303. The van der Waals surface area contributed by atoms with Crippen LogP contribution in [-0.2, 0) is 14.3 Å². The number of ether oxygens (including phenoxy) is 1. The SMILES string of the molecule is CCNC(=O)[C@@H](C)[C@H]1CC/C(C)=C/CC[C@]2(C)O[C@H]2CC/C(C)=C/C1=O. The summed E-state index contributed by atoms with van der Waals surface area (Å²) in [6.07, 6.45) is 9.83. The van der Waals surface area contributed by atoms with Crippen molar-refractivity contribution in [3.63, 3.8) is 0 Å². The number of rotatable bonds is 3. The molecule has 1 N–H and O–H groups in total. The Morgan fingerprint density at radius 2 is 2.00 bits per heavy atom. The van der Waals surface area contributed by atoms with Crippen LogP contribution < -0.4 is 5.32 Å². The summed E-state index contributed by atoms with van der Waals surface area (Å²) < 4.78 is 5.91. The van der Waals surface area contributed by atoms with Crippen LogP contribution in [0.3, 0.4) is 0 Å². The van der Waals surface area contributed by atoms with Gasteiger partial charge in [0.25, 0.3) is 0 Å². The highest BCUT2D eigenvalue weighted by Crippen LogP contribution is 2.43. The molecule has 0 aromatic carbocycles. The molecule has 1 fully saturated rings. The molecule has 1 aliphatic carbocycles. The summed E-state index contributed by atoms with van der Waals surface area (Å²) in [7, 11) is 0. The molecule has 0 spiro atoms. The number of allylic oxidation sites excluding steroid dienone is 4. The molecule has 0 saturated carbocycles. The number of hydrogen-bond donors (Lipinski definition) is 1. The van der Waals surface area contributed by atoms with Crippen LogP contribution in [0.2, 0.25) is 0 Å². The molecule has 0 unspecified atom stereocenters. The molecular weight excluding hydrogens is 326 g/mol. The van der Waals surface area contributed by atoms with Gasteiger partial charge in [-0.15, -0.1) is 0 Å². The topological polar surface area (TPSA) is 58.7 Å². The van der Waals surface area contributed by atoms with Gasteiger partial charge in [-0.05, 0) is 72.3 Å². The van der Waals surface area contributed by atoms with Crippen molar-refractivity contribution in [3.8, 4) is 0 Å². The summed E-state index contributed by atoms with van der Waals surface area (Å²) in [6, 6.07) is 0. The Morgan fingerprint density at radius 1 is 1.31 bits per heavy atom. The molecule has 26 heavy (non-hydrogen) atoms. The minimum absolute atomic E-state index is 0.0144. The van der Waals surface area contributed by atoms with E-state index in [1.165, 1.54) is 5.57 Å². The highest BCUT2D eigenvalue weighted by molar-refractivity contribution is 5.96. The quantitative estimate of drug-likeness (QED) is 0.600. The van der Waals surface area contributed by atoms with Crippen molar-refractivity contribution < 1.29 is 14.3 Å². The maximum Gasteiger partial charge on any atom is 0.223 e. The number of carbonyl (C=O) groups is 2. The summed E-state index contributed by atoms with van der Waals surface area (Å²) in [6.45, 7) is 10.7. The number of ketones is 1. The normalized spacial score (nSPS) is 35.8. The van der Waals surface area contributed by atoms with Gasteiger partial charge in [-0.25, -0.2) is 0 Å². The highest BCUT2D eigenvalue weighted by atomic mass is 16.6. The Morgan fingerprint density at radius 3 is 2.69 bits per heavy atom. The van der Waals surface area contributed by atoms with E-state index < -0.39 is 0 Å². The van der Waals surface area contributed by atoms with Crippen molar-refractivity contribution in [2.45, 2.75) is 84.8 Å². The largest absolute Gasteiger partial charge is 0.366 e. The number of hydrogen-bond acceptors (Lipinski definition) is 3. The van der Waals surface area contributed by atoms with E-state index in [0.717, 1.165) is 44.1 Å². The molecule has 2 rings (SSSR count). The van der Waals surface area contributed by atoms with E-state index in [1.807, 2.05) is 20.8 Å². The van der Waals surface area contributed by atoms with Crippen LogP contribution in [-0.4, -0.2) is 29.9 Å². The lowest BCUT2D eigenvalue weighted by molar-refractivity contribution is -0.131. The Balaban J connectivity index is 2.16. The third kappa shape index (κ3) is 5.54. The van der Waals surface area contributed by atoms with Crippen LogP contribution in [0.1, 0.15) is 73.1 Å². The summed E-state index contributed by atoms with van der Waals surface area (Å²) in [4.78, 5) is 25.2. The van der Waals surface area contributed by atoms with Gasteiger partial charge in [0.15, 0.2) is 5.78 Å². The highest BCUT2D eigenvalue weighted by Gasteiger charge is 2.50. The van der Waals surface area contributed by atoms with Gasteiger partial charge < -0.3 is 10.1 Å². The molecule has 1 aliphatic heterocycles. The van der Waals surface area contributed by atoms with E-state index in [9.17, 15) is 9.59 Å². The smallest absolute Gasteiger partial charge is 0.223 e. The maximum absolute atomic E-state index is 12.9. The van der Waals surface area contributed by atoms with Crippen LogP contribution in [0.15, 0.2) is 23.3 Å². The predicted molar refractivity (Wildman–Crippen MR) is 105 cm³/mol. The van der Waals surface area contributed by atoms with Crippen molar-refractivity contribution in [3.05, 3.63) is 23.3 Å². The van der Waals surface area contributed by atoms with E-state index in [-0.39, 0.29) is 29.1 Å². The Hall–Kier alpha value is -1.42. The van der Waals surface area contributed by atoms with Crippen molar-refractivity contribution in [1.29, 1.82) is 0 Å².